The Morgan fingerprint density at radius 1 is 1.26 bits per heavy atom. The quantitative estimate of drug-likeness (QED) is 0.826. The number of amides is 1. The van der Waals surface area contributed by atoms with E-state index in [0.717, 1.165) is 30.5 Å². The van der Waals surface area contributed by atoms with E-state index >= 15 is 0 Å². The van der Waals surface area contributed by atoms with Crippen molar-refractivity contribution in [3.63, 3.8) is 0 Å². The highest BCUT2D eigenvalue weighted by molar-refractivity contribution is 5.81. The summed E-state index contributed by atoms with van der Waals surface area (Å²) in [6.07, 6.45) is 6.37. The monoisotopic (exact) mass is 313 g/mol. The molecule has 0 bridgehead atoms. The third kappa shape index (κ3) is 3.97. The summed E-state index contributed by atoms with van der Waals surface area (Å²) in [6.45, 7) is 0.134. The predicted octanol–water partition coefficient (Wildman–Crippen LogP) is 1.83. The number of aromatic nitrogens is 2. The second-order valence-electron chi connectivity index (χ2n) is 5.64. The molecular weight excluding hydrogens is 294 g/mol. The molecule has 1 saturated carbocycles. The van der Waals surface area contributed by atoms with Gasteiger partial charge in [0.15, 0.2) is 6.61 Å². The van der Waals surface area contributed by atoms with Gasteiger partial charge in [-0.05, 0) is 25.0 Å². The summed E-state index contributed by atoms with van der Waals surface area (Å²) in [5.41, 5.74) is 1.84. The minimum Gasteiger partial charge on any atom is -0.455 e. The second-order valence-corrected chi connectivity index (χ2v) is 5.64. The predicted molar refractivity (Wildman–Crippen MR) is 83.7 cm³/mol. The molecule has 1 amide bonds. The van der Waals surface area contributed by atoms with E-state index in [1.54, 1.807) is 10.9 Å². The average molecular weight is 313 g/mol. The SMILES string of the molecule is O=C(COC(=O)C1CCC1)NCc1cnn(-c2ccccc2)c1. The van der Waals surface area contributed by atoms with E-state index in [1.165, 1.54) is 0 Å². The molecular formula is C17H19N3O3. The highest BCUT2D eigenvalue weighted by Crippen LogP contribution is 2.27. The van der Waals surface area contributed by atoms with E-state index in [2.05, 4.69) is 10.4 Å². The number of carbonyl (C=O) groups excluding carboxylic acids is 2. The highest BCUT2D eigenvalue weighted by atomic mass is 16.5. The maximum absolute atomic E-state index is 11.7. The first kappa shape index (κ1) is 15.3. The summed E-state index contributed by atoms with van der Waals surface area (Å²) < 4.78 is 6.75. The number of rotatable bonds is 6. The first-order chi connectivity index (χ1) is 11.2. The molecule has 1 aromatic heterocycles. The Kier molecular flexibility index (Phi) is 4.71. The maximum atomic E-state index is 11.7. The number of carbonyl (C=O) groups is 2. The van der Waals surface area contributed by atoms with E-state index in [0.29, 0.717) is 6.54 Å². The molecule has 0 radical (unpaired) electrons. The van der Waals surface area contributed by atoms with Crippen LogP contribution in [-0.4, -0.2) is 28.3 Å². The summed E-state index contributed by atoms with van der Waals surface area (Å²) in [7, 11) is 0. The fraction of sp³-hybridized carbons (Fsp3) is 0.353. The van der Waals surface area contributed by atoms with Gasteiger partial charge in [0.05, 0.1) is 17.8 Å². The van der Waals surface area contributed by atoms with Crippen molar-refractivity contribution in [1.82, 2.24) is 15.1 Å². The van der Waals surface area contributed by atoms with Gasteiger partial charge < -0.3 is 10.1 Å². The molecule has 23 heavy (non-hydrogen) atoms. The molecule has 6 nitrogen and oxygen atoms in total. The van der Waals surface area contributed by atoms with Gasteiger partial charge in [-0.25, -0.2) is 4.68 Å². The average Bonchev–Trinajstić information content (AvgIpc) is 2.99. The fourth-order valence-electron chi connectivity index (χ4n) is 2.32. The first-order valence-electron chi connectivity index (χ1n) is 7.74. The van der Waals surface area contributed by atoms with E-state index < -0.39 is 0 Å². The highest BCUT2D eigenvalue weighted by Gasteiger charge is 2.26. The summed E-state index contributed by atoms with van der Waals surface area (Å²) in [5.74, 6) is -0.569. The van der Waals surface area contributed by atoms with Crippen LogP contribution in [0.3, 0.4) is 0 Å². The zero-order valence-electron chi connectivity index (χ0n) is 12.8. The summed E-state index contributed by atoms with van der Waals surface area (Å²) in [6, 6.07) is 9.73. The van der Waals surface area contributed by atoms with Crippen molar-refractivity contribution in [2.45, 2.75) is 25.8 Å². The summed E-state index contributed by atoms with van der Waals surface area (Å²) >= 11 is 0. The Morgan fingerprint density at radius 3 is 2.74 bits per heavy atom. The van der Waals surface area contributed by atoms with Crippen molar-refractivity contribution in [3.05, 3.63) is 48.3 Å². The molecule has 120 valence electrons. The Balaban J connectivity index is 1.44. The molecule has 1 fully saturated rings. The summed E-state index contributed by atoms with van der Waals surface area (Å²) in [4.78, 5) is 23.3. The van der Waals surface area contributed by atoms with Crippen LogP contribution in [0.2, 0.25) is 0 Å². The topological polar surface area (TPSA) is 73.2 Å². The van der Waals surface area contributed by atoms with Gasteiger partial charge in [-0.1, -0.05) is 24.6 Å². The van der Waals surface area contributed by atoms with Gasteiger partial charge in [0.25, 0.3) is 5.91 Å². The normalized spacial score (nSPS) is 14.1. The lowest BCUT2D eigenvalue weighted by Crippen LogP contribution is -2.31. The molecule has 1 aromatic carbocycles. The van der Waals surface area contributed by atoms with Crippen molar-refractivity contribution in [2.75, 3.05) is 6.61 Å². The maximum Gasteiger partial charge on any atom is 0.309 e. The molecule has 1 N–H and O–H groups in total. The molecule has 0 atom stereocenters. The first-order valence-corrected chi connectivity index (χ1v) is 7.74. The van der Waals surface area contributed by atoms with Gasteiger partial charge in [-0.2, -0.15) is 5.10 Å². The van der Waals surface area contributed by atoms with Crippen molar-refractivity contribution < 1.29 is 14.3 Å². The number of nitrogens with one attached hydrogen (secondary N) is 1. The van der Waals surface area contributed by atoms with Crippen LogP contribution in [-0.2, 0) is 20.9 Å². The van der Waals surface area contributed by atoms with Crippen LogP contribution >= 0.6 is 0 Å². The molecule has 0 unspecified atom stereocenters. The van der Waals surface area contributed by atoms with Crippen LogP contribution in [0.5, 0.6) is 0 Å². The van der Waals surface area contributed by atoms with E-state index in [1.807, 2.05) is 36.5 Å². The molecule has 6 heteroatoms. The molecule has 0 saturated heterocycles. The van der Waals surface area contributed by atoms with Gasteiger partial charge in [0, 0.05) is 18.3 Å². The van der Waals surface area contributed by atoms with Crippen LogP contribution in [0, 0.1) is 5.92 Å². The van der Waals surface area contributed by atoms with E-state index in [9.17, 15) is 9.59 Å². The van der Waals surface area contributed by atoms with Gasteiger partial charge in [0.2, 0.25) is 0 Å². The standard InChI is InChI=1S/C17H19N3O3/c21-16(12-23-17(22)14-5-4-6-14)18-9-13-10-19-20(11-13)15-7-2-1-3-8-15/h1-3,7-8,10-11,14H,4-6,9,12H2,(H,18,21). The van der Waals surface area contributed by atoms with Gasteiger partial charge in [-0.15, -0.1) is 0 Å². The van der Waals surface area contributed by atoms with Gasteiger partial charge in [0.1, 0.15) is 0 Å². The number of benzene rings is 1. The number of para-hydroxylation sites is 1. The molecule has 2 aromatic rings. The van der Waals surface area contributed by atoms with Crippen LogP contribution in [0.1, 0.15) is 24.8 Å². The molecule has 1 aliphatic rings. The third-order valence-electron chi connectivity index (χ3n) is 3.93. The lowest BCUT2D eigenvalue weighted by molar-refractivity contribution is -0.155. The van der Waals surface area contributed by atoms with Crippen LogP contribution in [0.15, 0.2) is 42.7 Å². The Bertz CT molecular complexity index is 677. The molecule has 1 heterocycles. The van der Waals surface area contributed by atoms with Gasteiger partial charge >= 0.3 is 5.97 Å². The molecule has 0 aliphatic heterocycles. The number of esters is 1. The van der Waals surface area contributed by atoms with E-state index in [-0.39, 0.29) is 24.4 Å². The Labute approximate surface area is 134 Å². The Hall–Kier alpha value is -2.63. The molecule has 0 spiro atoms. The van der Waals surface area contributed by atoms with Crippen molar-refractivity contribution in [1.29, 1.82) is 0 Å². The van der Waals surface area contributed by atoms with Crippen LogP contribution in [0.4, 0.5) is 0 Å². The number of hydrogen-bond donors (Lipinski definition) is 1. The molecule has 3 rings (SSSR count). The lowest BCUT2D eigenvalue weighted by Gasteiger charge is -2.22. The zero-order chi connectivity index (χ0) is 16.1. The lowest BCUT2D eigenvalue weighted by atomic mass is 9.86. The number of hydrogen-bond acceptors (Lipinski definition) is 4. The van der Waals surface area contributed by atoms with Crippen LogP contribution in [0.25, 0.3) is 5.69 Å². The molecule has 1 aliphatic carbocycles. The van der Waals surface area contributed by atoms with E-state index in [4.69, 9.17) is 4.74 Å². The zero-order valence-corrected chi connectivity index (χ0v) is 12.8. The number of nitrogens with zero attached hydrogens (tertiary/aromatic N) is 2. The minimum absolute atomic E-state index is 0.00750. The third-order valence-corrected chi connectivity index (χ3v) is 3.93. The smallest absolute Gasteiger partial charge is 0.309 e. The largest absolute Gasteiger partial charge is 0.455 e. The van der Waals surface area contributed by atoms with Crippen molar-refractivity contribution in [3.8, 4) is 5.69 Å². The van der Waals surface area contributed by atoms with Crippen LogP contribution < -0.4 is 5.32 Å². The van der Waals surface area contributed by atoms with Crippen molar-refractivity contribution in [2.24, 2.45) is 5.92 Å². The van der Waals surface area contributed by atoms with Gasteiger partial charge in [-0.3, -0.25) is 9.59 Å². The fourth-order valence-corrected chi connectivity index (χ4v) is 2.32. The minimum atomic E-state index is -0.301. The van der Waals surface area contributed by atoms with Crippen molar-refractivity contribution >= 4 is 11.9 Å². The number of ether oxygens (including phenoxy) is 1. The summed E-state index contributed by atoms with van der Waals surface area (Å²) in [5, 5.41) is 6.99. The Morgan fingerprint density at radius 2 is 2.04 bits per heavy atom. The second kappa shape index (κ2) is 7.09.